The molecule has 0 aromatic heterocycles. The topological polar surface area (TPSA) is 52.6 Å². The number of carbonyl (C=O) groups is 2. The van der Waals surface area contributed by atoms with Gasteiger partial charge in [0.15, 0.2) is 0 Å². The summed E-state index contributed by atoms with van der Waals surface area (Å²) in [4.78, 5) is 24.3. The van der Waals surface area contributed by atoms with E-state index in [1.165, 1.54) is 0 Å². The Labute approximate surface area is 136 Å². The van der Waals surface area contributed by atoms with Crippen molar-refractivity contribution in [1.82, 2.24) is 0 Å². The molecular weight excluding hydrogens is 292 g/mol. The van der Waals surface area contributed by atoms with Gasteiger partial charge in [-0.15, -0.1) is 0 Å². The molecule has 120 valence electrons. The van der Waals surface area contributed by atoms with E-state index >= 15 is 0 Å². The number of hydrogen-bond acceptors (Lipinski definition) is 4. The van der Waals surface area contributed by atoms with Gasteiger partial charge in [0, 0.05) is 0 Å². The molecule has 4 heteroatoms. The molecule has 0 aliphatic carbocycles. The van der Waals surface area contributed by atoms with Gasteiger partial charge in [-0.05, 0) is 31.0 Å². The maximum absolute atomic E-state index is 12.3. The Morgan fingerprint density at radius 2 is 1.57 bits per heavy atom. The summed E-state index contributed by atoms with van der Waals surface area (Å²) in [5.41, 5.74) is 2.46. The summed E-state index contributed by atoms with van der Waals surface area (Å²) in [6, 6.07) is 14.3. The highest BCUT2D eigenvalue weighted by Crippen LogP contribution is 2.14. The molecule has 0 spiro atoms. The van der Waals surface area contributed by atoms with Crippen LogP contribution in [0.5, 0.6) is 0 Å². The molecule has 0 saturated heterocycles. The fraction of sp³-hybridized carbons (Fsp3) is 0.263. The predicted octanol–water partition coefficient (Wildman–Crippen LogP) is 3.92. The smallest absolute Gasteiger partial charge is 0.339 e. The maximum atomic E-state index is 12.3. The van der Waals surface area contributed by atoms with Gasteiger partial charge in [0.1, 0.15) is 6.61 Å². The zero-order valence-electron chi connectivity index (χ0n) is 13.4. The van der Waals surface area contributed by atoms with Crippen molar-refractivity contribution in [2.45, 2.75) is 26.9 Å². The first-order valence-corrected chi connectivity index (χ1v) is 7.60. The SMILES string of the molecule is CCCOC(=O)c1ccccc1C(=O)OCc1cccc(C)c1. The van der Waals surface area contributed by atoms with E-state index in [0.29, 0.717) is 6.61 Å². The molecule has 0 atom stereocenters. The van der Waals surface area contributed by atoms with Crippen molar-refractivity contribution in [3.63, 3.8) is 0 Å². The van der Waals surface area contributed by atoms with Crippen LogP contribution in [-0.4, -0.2) is 18.5 Å². The van der Waals surface area contributed by atoms with Gasteiger partial charge in [0.2, 0.25) is 0 Å². The first-order chi connectivity index (χ1) is 11.1. The van der Waals surface area contributed by atoms with E-state index in [1.54, 1.807) is 24.3 Å². The number of aryl methyl sites for hydroxylation is 1. The minimum Gasteiger partial charge on any atom is -0.462 e. The first-order valence-electron chi connectivity index (χ1n) is 7.60. The molecule has 4 nitrogen and oxygen atoms in total. The van der Waals surface area contributed by atoms with Crippen LogP contribution in [0.1, 0.15) is 45.2 Å². The molecule has 0 N–H and O–H groups in total. The molecule has 2 rings (SSSR count). The van der Waals surface area contributed by atoms with Crippen LogP contribution < -0.4 is 0 Å². The minimum absolute atomic E-state index is 0.166. The molecule has 2 aromatic rings. The summed E-state index contributed by atoms with van der Waals surface area (Å²) < 4.78 is 10.4. The van der Waals surface area contributed by atoms with Gasteiger partial charge in [-0.25, -0.2) is 9.59 Å². The van der Waals surface area contributed by atoms with Crippen molar-refractivity contribution in [2.24, 2.45) is 0 Å². The Morgan fingerprint density at radius 1 is 0.913 bits per heavy atom. The first kappa shape index (κ1) is 16.7. The van der Waals surface area contributed by atoms with E-state index in [-0.39, 0.29) is 17.7 Å². The van der Waals surface area contributed by atoms with Crippen LogP contribution in [-0.2, 0) is 16.1 Å². The van der Waals surface area contributed by atoms with Crippen molar-refractivity contribution >= 4 is 11.9 Å². The lowest BCUT2D eigenvalue weighted by atomic mass is 10.1. The molecule has 0 unspecified atom stereocenters. The van der Waals surface area contributed by atoms with Gasteiger partial charge in [-0.3, -0.25) is 0 Å². The van der Waals surface area contributed by atoms with E-state index in [1.807, 2.05) is 38.1 Å². The molecule has 2 aromatic carbocycles. The van der Waals surface area contributed by atoms with Gasteiger partial charge in [0.05, 0.1) is 17.7 Å². The van der Waals surface area contributed by atoms with Crippen LogP contribution in [0.3, 0.4) is 0 Å². The second-order valence-electron chi connectivity index (χ2n) is 5.25. The Morgan fingerprint density at radius 3 is 2.17 bits per heavy atom. The quantitative estimate of drug-likeness (QED) is 0.759. The van der Waals surface area contributed by atoms with Crippen LogP contribution in [0.4, 0.5) is 0 Å². The van der Waals surface area contributed by atoms with Gasteiger partial charge in [-0.1, -0.05) is 48.9 Å². The Balaban J connectivity index is 2.08. The van der Waals surface area contributed by atoms with Crippen molar-refractivity contribution in [3.05, 3.63) is 70.8 Å². The average molecular weight is 312 g/mol. The average Bonchev–Trinajstić information content (AvgIpc) is 2.57. The lowest BCUT2D eigenvalue weighted by Gasteiger charge is -2.09. The molecule has 23 heavy (non-hydrogen) atoms. The zero-order chi connectivity index (χ0) is 16.7. The summed E-state index contributed by atoms with van der Waals surface area (Å²) >= 11 is 0. The van der Waals surface area contributed by atoms with E-state index in [0.717, 1.165) is 17.5 Å². The van der Waals surface area contributed by atoms with E-state index in [2.05, 4.69) is 0 Å². The number of hydrogen-bond donors (Lipinski definition) is 0. The summed E-state index contributed by atoms with van der Waals surface area (Å²) in [5, 5.41) is 0. The Kier molecular flexibility index (Phi) is 5.92. The predicted molar refractivity (Wildman–Crippen MR) is 87.3 cm³/mol. The monoisotopic (exact) mass is 312 g/mol. The third-order valence-electron chi connectivity index (χ3n) is 3.26. The van der Waals surface area contributed by atoms with Crippen molar-refractivity contribution in [1.29, 1.82) is 0 Å². The largest absolute Gasteiger partial charge is 0.462 e. The molecule has 0 amide bonds. The highest BCUT2D eigenvalue weighted by molar-refractivity contribution is 6.03. The fourth-order valence-corrected chi connectivity index (χ4v) is 2.14. The standard InChI is InChI=1S/C19H20O4/c1-3-11-22-18(20)16-9-4-5-10-17(16)19(21)23-13-15-8-6-7-14(2)12-15/h4-10,12H,3,11,13H2,1-2H3. The van der Waals surface area contributed by atoms with Gasteiger partial charge < -0.3 is 9.47 Å². The highest BCUT2D eigenvalue weighted by atomic mass is 16.5. The number of ether oxygens (including phenoxy) is 2. The Hall–Kier alpha value is -2.62. The molecule has 0 aliphatic rings. The lowest BCUT2D eigenvalue weighted by Crippen LogP contribution is -2.14. The normalized spacial score (nSPS) is 10.2. The van der Waals surface area contributed by atoms with Crippen LogP contribution in [0, 0.1) is 6.92 Å². The molecule has 0 aliphatic heterocycles. The van der Waals surface area contributed by atoms with Gasteiger partial charge >= 0.3 is 11.9 Å². The molecule has 0 fully saturated rings. The summed E-state index contributed by atoms with van der Waals surface area (Å²) in [7, 11) is 0. The highest BCUT2D eigenvalue weighted by Gasteiger charge is 2.18. The van der Waals surface area contributed by atoms with Crippen LogP contribution >= 0.6 is 0 Å². The second-order valence-corrected chi connectivity index (χ2v) is 5.25. The van der Waals surface area contributed by atoms with Crippen molar-refractivity contribution in [3.8, 4) is 0 Å². The van der Waals surface area contributed by atoms with E-state index in [9.17, 15) is 9.59 Å². The summed E-state index contributed by atoms with van der Waals surface area (Å²) in [6.07, 6.45) is 0.728. The second kappa shape index (κ2) is 8.13. The van der Waals surface area contributed by atoms with Gasteiger partial charge in [0.25, 0.3) is 0 Å². The van der Waals surface area contributed by atoms with Crippen LogP contribution in [0.2, 0.25) is 0 Å². The van der Waals surface area contributed by atoms with Crippen molar-refractivity contribution < 1.29 is 19.1 Å². The van der Waals surface area contributed by atoms with E-state index in [4.69, 9.17) is 9.47 Å². The number of rotatable bonds is 6. The molecule has 0 radical (unpaired) electrons. The Bertz CT molecular complexity index is 691. The summed E-state index contributed by atoms with van der Waals surface area (Å²) in [5.74, 6) is -1.04. The third kappa shape index (κ3) is 4.68. The molecule has 0 saturated carbocycles. The molecule has 0 heterocycles. The van der Waals surface area contributed by atoms with Gasteiger partial charge in [-0.2, -0.15) is 0 Å². The number of esters is 2. The molecule has 0 bridgehead atoms. The number of carbonyl (C=O) groups excluding carboxylic acids is 2. The molecular formula is C19H20O4. The maximum Gasteiger partial charge on any atom is 0.339 e. The third-order valence-corrected chi connectivity index (χ3v) is 3.26. The van der Waals surface area contributed by atoms with E-state index < -0.39 is 11.9 Å². The lowest BCUT2D eigenvalue weighted by molar-refractivity contribution is 0.0439. The fourth-order valence-electron chi connectivity index (χ4n) is 2.14. The zero-order valence-corrected chi connectivity index (χ0v) is 13.4. The minimum atomic E-state index is -0.532. The van der Waals surface area contributed by atoms with Crippen LogP contribution in [0.15, 0.2) is 48.5 Å². The van der Waals surface area contributed by atoms with Crippen molar-refractivity contribution in [2.75, 3.05) is 6.61 Å². The number of benzene rings is 2. The van der Waals surface area contributed by atoms with Crippen LogP contribution in [0.25, 0.3) is 0 Å². The summed E-state index contributed by atoms with van der Waals surface area (Å²) in [6.45, 7) is 4.38.